The van der Waals surface area contributed by atoms with Crippen LogP contribution in [0.15, 0.2) is 18.3 Å². The summed E-state index contributed by atoms with van der Waals surface area (Å²) >= 11 is 0. The largest absolute Gasteiger partial charge is 0.419 e. The Morgan fingerprint density at radius 3 is 3.00 bits per heavy atom. The Kier molecular flexibility index (Phi) is 3.54. The maximum Gasteiger partial charge on any atom is 0.240 e. The van der Waals surface area contributed by atoms with Crippen molar-refractivity contribution in [3.63, 3.8) is 0 Å². The van der Waals surface area contributed by atoms with Crippen LogP contribution in [0.1, 0.15) is 19.0 Å². The minimum absolute atomic E-state index is 0.477. The van der Waals surface area contributed by atoms with Crippen molar-refractivity contribution in [2.75, 3.05) is 11.9 Å². The van der Waals surface area contributed by atoms with Crippen LogP contribution in [0.4, 0.5) is 5.95 Å². The molecule has 2 aromatic heterocycles. The molecule has 2 N–H and O–H groups in total. The smallest absolute Gasteiger partial charge is 0.240 e. The van der Waals surface area contributed by atoms with Gasteiger partial charge >= 0.3 is 0 Å². The first-order valence-electron chi connectivity index (χ1n) is 5.54. The average molecular weight is 233 g/mol. The molecule has 0 aliphatic carbocycles. The maximum absolute atomic E-state index is 5.49. The summed E-state index contributed by atoms with van der Waals surface area (Å²) < 4.78 is 5.49. The van der Waals surface area contributed by atoms with Gasteiger partial charge in [-0.15, -0.1) is 5.10 Å². The van der Waals surface area contributed by atoms with Crippen LogP contribution in [0.3, 0.4) is 0 Å². The number of aromatic nitrogens is 4. The third-order valence-electron chi connectivity index (χ3n) is 2.05. The zero-order valence-corrected chi connectivity index (χ0v) is 9.90. The summed E-state index contributed by atoms with van der Waals surface area (Å²) in [4.78, 5) is 8.31. The standard InChI is InChI=1S/C11H15N5O/c1-3-5-12-11-13-6-4-9(14-11)17-10-7-8(2)15-16-10/h4,6-7H,3,5H2,1-2H3,(H,15,16)(H,12,13,14). The van der Waals surface area contributed by atoms with E-state index in [1.807, 2.05) is 6.92 Å². The number of nitrogens with zero attached hydrogens (tertiary/aromatic N) is 3. The van der Waals surface area contributed by atoms with Crippen molar-refractivity contribution in [3.8, 4) is 11.8 Å². The molecule has 2 heterocycles. The van der Waals surface area contributed by atoms with E-state index in [-0.39, 0.29) is 0 Å². The van der Waals surface area contributed by atoms with E-state index < -0.39 is 0 Å². The Morgan fingerprint density at radius 1 is 1.41 bits per heavy atom. The number of rotatable bonds is 5. The molecule has 17 heavy (non-hydrogen) atoms. The Morgan fingerprint density at radius 2 is 2.29 bits per heavy atom. The number of ether oxygens (including phenoxy) is 1. The van der Waals surface area contributed by atoms with Crippen LogP contribution in [0.25, 0.3) is 0 Å². The molecule has 0 aliphatic rings. The molecule has 6 nitrogen and oxygen atoms in total. The van der Waals surface area contributed by atoms with Gasteiger partial charge in [-0.05, 0) is 13.3 Å². The van der Waals surface area contributed by atoms with Crippen LogP contribution in [-0.4, -0.2) is 26.7 Å². The summed E-state index contributed by atoms with van der Waals surface area (Å²) in [5.74, 6) is 1.55. The van der Waals surface area contributed by atoms with Crippen molar-refractivity contribution in [3.05, 3.63) is 24.0 Å². The first-order chi connectivity index (χ1) is 8.28. The second-order valence-electron chi connectivity index (χ2n) is 3.64. The van der Waals surface area contributed by atoms with E-state index in [2.05, 4.69) is 32.4 Å². The van der Waals surface area contributed by atoms with Crippen LogP contribution in [0, 0.1) is 6.92 Å². The van der Waals surface area contributed by atoms with Crippen LogP contribution in [0.2, 0.25) is 0 Å². The van der Waals surface area contributed by atoms with Gasteiger partial charge in [0, 0.05) is 30.6 Å². The fourth-order valence-electron chi connectivity index (χ4n) is 1.27. The van der Waals surface area contributed by atoms with Crippen molar-refractivity contribution in [2.45, 2.75) is 20.3 Å². The molecule has 0 saturated carbocycles. The van der Waals surface area contributed by atoms with Gasteiger partial charge in [-0.2, -0.15) is 4.98 Å². The first kappa shape index (κ1) is 11.4. The summed E-state index contributed by atoms with van der Waals surface area (Å²) in [6, 6.07) is 3.50. The highest BCUT2D eigenvalue weighted by molar-refractivity contribution is 5.29. The second-order valence-corrected chi connectivity index (χ2v) is 3.64. The van der Waals surface area contributed by atoms with E-state index >= 15 is 0 Å². The average Bonchev–Trinajstić information content (AvgIpc) is 2.73. The highest BCUT2D eigenvalue weighted by Crippen LogP contribution is 2.17. The van der Waals surface area contributed by atoms with Crippen molar-refractivity contribution in [1.82, 2.24) is 20.2 Å². The highest BCUT2D eigenvalue weighted by Gasteiger charge is 2.03. The maximum atomic E-state index is 5.49. The quantitative estimate of drug-likeness (QED) is 0.827. The van der Waals surface area contributed by atoms with Crippen molar-refractivity contribution < 1.29 is 4.74 Å². The highest BCUT2D eigenvalue weighted by atomic mass is 16.5. The van der Waals surface area contributed by atoms with E-state index in [0.29, 0.717) is 17.7 Å². The summed E-state index contributed by atoms with van der Waals surface area (Å²) in [6.45, 7) is 4.83. The lowest BCUT2D eigenvalue weighted by Crippen LogP contribution is -2.04. The Bertz CT molecular complexity index is 482. The summed E-state index contributed by atoms with van der Waals surface area (Å²) in [5, 5.41) is 9.87. The molecule has 0 amide bonds. The van der Waals surface area contributed by atoms with E-state index in [9.17, 15) is 0 Å². The van der Waals surface area contributed by atoms with Crippen LogP contribution in [0.5, 0.6) is 11.8 Å². The first-order valence-corrected chi connectivity index (χ1v) is 5.54. The van der Waals surface area contributed by atoms with Crippen LogP contribution >= 0.6 is 0 Å². The predicted molar refractivity (Wildman–Crippen MR) is 64.2 cm³/mol. The van der Waals surface area contributed by atoms with E-state index in [4.69, 9.17) is 4.74 Å². The Balaban J connectivity index is 2.05. The number of nitrogens with one attached hydrogen (secondary N) is 2. The predicted octanol–water partition coefficient (Wildman–Crippen LogP) is 2.12. The topological polar surface area (TPSA) is 75.7 Å². The molecule has 0 atom stereocenters. The van der Waals surface area contributed by atoms with Crippen molar-refractivity contribution in [1.29, 1.82) is 0 Å². The minimum Gasteiger partial charge on any atom is -0.419 e. The number of anilines is 1. The molecule has 0 saturated heterocycles. The van der Waals surface area contributed by atoms with Crippen molar-refractivity contribution in [2.24, 2.45) is 0 Å². The van der Waals surface area contributed by atoms with Gasteiger partial charge in [0.05, 0.1) is 0 Å². The molecule has 90 valence electrons. The molecule has 0 bridgehead atoms. The molecule has 0 aromatic carbocycles. The summed E-state index contributed by atoms with van der Waals surface area (Å²) in [6.07, 6.45) is 2.67. The lowest BCUT2D eigenvalue weighted by Gasteiger charge is -2.04. The fraction of sp³-hybridized carbons (Fsp3) is 0.364. The second kappa shape index (κ2) is 5.29. The SMILES string of the molecule is CCCNc1nccc(Oc2cc(C)[nH]n2)n1. The van der Waals surface area contributed by atoms with E-state index in [1.165, 1.54) is 0 Å². The molecule has 2 rings (SSSR count). The van der Waals surface area contributed by atoms with Gasteiger partial charge in [-0.1, -0.05) is 6.92 Å². The number of aryl methyl sites for hydroxylation is 1. The van der Waals surface area contributed by atoms with E-state index in [1.54, 1.807) is 18.3 Å². The van der Waals surface area contributed by atoms with Gasteiger partial charge in [0.2, 0.25) is 17.7 Å². The molecule has 6 heteroatoms. The molecule has 0 radical (unpaired) electrons. The molecule has 0 unspecified atom stereocenters. The van der Waals surface area contributed by atoms with Gasteiger partial charge < -0.3 is 10.1 Å². The van der Waals surface area contributed by atoms with Gasteiger partial charge in [0.1, 0.15) is 0 Å². The third kappa shape index (κ3) is 3.17. The molecule has 0 spiro atoms. The summed E-state index contributed by atoms with van der Waals surface area (Å²) in [7, 11) is 0. The van der Waals surface area contributed by atoms with Crippen LogP contribution < -0.4 is 10.1 Å². The Hall–Kier alpha value is -2.11. The molecule has 2 aromatic rings. The molecular weight excluding hydrogens is 218 g/mol. The molecule has 0 fully saturated rings. The Labute approximate surface area is 99.4 Å². The zero-order chi connectivity index (χ0) is 12.1. The van der Waals surface area contributed by atoms with E-state index in [0.717, 1.165) is 18.7 Å². The zero-order valence-electron chi connectivity index (χ0n) is 9.90. The lowest BCUT2D eigenvalue weighted by atomic mass is 10.5. The minimum atomic E-state index is 0.477. The van der Waals surface area contributed by atoms with Gasteiger partial charge in [-0.25, -0.2) is 4.98 Å². The number of aromatic amines is 1. The monoisotopic (exact) mass is 233 g/mol. The summed E-state index contributed by atoms with van der Waals surface area (Å²) in [5.41, 5.74) is 0.943. The fourth-order valence-corrected chi connectivity index (χ4v) is 1.27. The molecule has 0 aliphatic heterocycles. The van der Waals surface area contributed by atoms with Crippen molar-refractivity contribution >= 4 is 5.95 Å². The molecular formula is C11H15N5O. The van der Waals surface area contributed by atoms with Gasteiger partial charge in [-0.3, -0.25) is 5.10 Å². The van der Waals surface area contributed by atoms with Gasteiger partial charge in [0.15, 0.2) is 0 Å². The third-order valence-corrected chi connectivity index (χ3v) is 2.05. The normalized spacial score (nSPS) is 10.2. The number of H-pyrrole nitrogens is 1. The number of hydrogen-bond acceptors (Lipinski definition) is 5. The van der Waals surface area contributed by atoms with Gasteiger partial charge in [0.25, 0.3) is 0 Å². The van der Waals surface area contributed by atoms with Crippen LogP contribution in [-0.2, 0) is 0 Å². The number of hydrogen-bond donors (Lipinski definition) is 2. The lowest BCUT2D eigenvalue weighted by molar-refractivity contribution is 0.443.